The van der Waals surface area contributed by atoms with E-state index in [2.05, 4.69) is 34.5 Å². The van der Waals surface area contributed by atoms with Crippen molar-refractivity contribution in [1.29, 1.82) is 0 Å². The van der Waals surface area contributed by atoms with Gasteiger partial charge in [-0.3, -0.25) is 9.69 Å². The van der Waals surface area contributed by atoms with Crippen molar-refractivity contribution >= 4 is 28.5 Å². The molecule has 1 amide bonds. The van der Waals surface area contributed by atoms with E-state index in [1.54, 1.807) is 6.07 Å². The monoisotopic (exact) mass is 398 g/mol. The van der Waals surface area contributed by atoms with Crippen LogP contribution in [0, 0.1) is 6.92 Å². The van der Waals surface area contributed by atoms with Crippen molar-refractivity contribution in [2.45, 2.75) is 19.6 Å². The molecule has 28 heavy (non-hydrogen) atoms. The molecule has 1 atom stereocenters. The molecule has 6 heteroatoms. The number of nitrogens with one attached hydrogen (secondary N) is 1. The fraction of sp³-hybridized carbons (Fsp3) is 0.318. The molecule has 4 rings (SSSR count). The maximum atomic E-state index is 12.6. The van der Waals surface area contributed by atoms with Crippen molar-refractivity contribution < 1.29 is 13.9 Å². The van der Waals surface area contributed by atoms with Crippen LogP contribution in [0.5, 0.6) is 0 Å². The first kappa shape index (κ1) is 19.0. The molecular weight excluding hydrogens is 376 g/mol. The Bertz CT molecular complexity index is 971. The minimum absolute atomic E-state index is 0.0466. The Hall–Kier alpha value is -2.34. The summed E-state index contributed by atoms with van der Waals surface area (Å²) in [5, 5.41) is 4.31. The molecule has 3 aromatic rings. The Labute approximate surface area is 169 Å². The first-order valence-corrected chi connectivity index (χ1v) is 9.83. The molecule has 5 nitrogen and oxygen atoms in total. The lowest BCUT2D eigenvalue weighted by Crippen LogP contribution is -2.47. The van der Waals surface area contributed by atoms with Crippen molar-refractivity contribution in [2.24, 2.45) is 0 Å². The Morgan fingerprint density at radius 1 is 1.21 bits per heavy atom. The summed E-state index contributed by atoms with van der Waals surface area (Å²) < 4.78 is 11.6. The second kappa shape index (κ2) is 8.35. The number of aryl methyl sites for hydroxylation is 1. The van der Waals surface area contributed by atoms with Gasteiger partial charge in [0.25, 0.3) is 5.91 Å². The molecule has 1 aliphatic rings. The standard InChI is InChI=1S/C22H23ClN2O3/c1-15-18-8-5-9-19(23)21(18)28-20(15)22(26)24-12-17-14-25(10-11-27-17)13-16-6-3-2-4-7-16/h2-9,17H,10-14H2,1H3,(H,24,26). The van der Waals surface area contributed by atoms with E-state index in [0.29, 0.717) is 29.5 Å². The van der Waals surface area contributed by atoms with Crippen LogP contribution in [0.1, 0.15) is 21.7 Å². The quantitative estimate of drug-likeness (QED) is 0.705. The Morgan fingerprint density at radius 3 is 2.82 bits per heavy atom. The van der Waals surface area contributed by atoms with Gasteiger partial charge in [0.15, 0.2) is 11.3 Å². The molecule has 0 aliphatic carbocycles. The van der Waals surface area contributed by atoms with E-state index in [-0.39, 0.29) is 12.0 Å². The third kappa shape index (κ3) is 4.07. The van der Waals surface area contributed by atoms with E-state index in [9.17, 15) is 4.79 Å². The maximum Gasteiger partial charge on any atom is 0.287 e. The summed E-state index contributed by atoms with van der Waals surface area (Å²) in [6, 6.07) is 15.9. The maximum absolute atomic E-state index is 12.6. The summed E-state index contributed by atoms with van der Waals surface area (Å²) >= 11 is 6.18. The number of benzene rings is 2. The molecule has 0 bridgehead atoms. The molecule has 146 valence electrons. The van der Waals surface area contributed by atoms with Crippen LogP contribution in [-0.4, -0.2) is 43.2 Å². The van der Waals surface area contributed by atoms with Crippen molar-refractivity contribution in [3.63, 3.8) is 0 Å². The number of carbonyl (C=O) groups excluding carboxylic acids is 1. The molecule has 1 N–H and O–H groups in total. The summed E-state index contributed by atoms with van der Waals surface area (Å²) in [5.41, 5.74) is 2.63. The molecular formula is C22H23ClN2O3. The highest BCUT2D eigenvalue weighted by molar-refractivity contribution is 6.35. The van der Waals surface area contributed by atoms with Gasteiger partial charge >= 0.3 is 0 Å². The zero-order chi connectivity index (χ0) is 19.5. The van der Waals surface area contributed by atoms with Gasteiger partial charge in [0.2, 0.25) is 0 Å². The third-order valence-electron chi connectivity index (χ3n) is 5.08. The lowest BCUT2D eigenvalue weighted by atomic mass is 10.1. The smallest absolute Gasteiger partial charge is 0.287 e. The average Bonchev–Trinajstić information content (AvgIpc) is 3.05. The molecule has 0 saturated carbocycles. The summed E-state index contributed by atoms with van der Waals surface area (Å²) in [6.07, 6.45) is -0.0466. The summed E-state index contributed by atoms with van der Waals surface area (Å²) in [5.74, 6) is 0.0635. The number of hydrogen-bond donors (Lipinski definition) is 1. The number of amides is 1. The van der Waals surface area contributed by atoms with Crippen LogP contribution in [0.3, 0.4) is 0 Å². The average molecular weight is 399 g/mol. The second-order valence-electron chi connectivity index (χ2n) is 7.10. The van der Waals surface area contributed by atoms with Crippen LogP contribution < -0.4 is 5.32 Å². The van der Waals surface area contributed by atoms with E-state index < -0.39 is 0 Å². The third-order valence-corrected chi connectivity index (χ3v) is 5.38. The van der Waals surface area contributed by atoms with Gasteiger partial charge in [-0.15, -0.1) is 0 Å². The summed E-state index contributed by atoms with van der Waals surface area (Å²) in [6.45, 7) is 5.52. The fourth-order valence-corrected chi connectivity index (χ4v) is 3.81. The highest BCUT2D eigenvalue weighted by Crippen LogP contribution is 2.30. The number of halogens is 1. The van der Waals surface area contributed by atoms with E-state index >= 15 is 0 Å². The van der Waals surface area contributed by atoms with Gasteiger partial charge < -0.3 is 14.5 Å². The number of fused-ring (bicyclic) bond motifs is 1. The number of rotatable bonds is 5. The predicted octanol–water partition coefficient (Wildman–Crippen LogP) is 4.03. The van der Waals surface area contributed by atoms with Crippen LogP contribution >= 0.6 is 11.6 Å². The van der Waals surface area contributed by atoms with Crippen LogP contribution in [-0.2, 0) is 11.3 Å². The molecule has 1 unspecified atom stereocenters. The summed E-state index contributed by atoms with van der Waals surface area (Å²) in [7, 11) is 0. The van der Waals surface area contributed by atoms with Gasteiger partial charge in [-0.05, 0) is 18.6 Å². The van der Waals surface area contributed by atoms with Gasteiger partial charge in [-0.2, -0.15) is 0 Å². The molecule has 2 heterocycles. The molecule has 1 aromatic heterocycles. The van der Waals surface area contributed by atoms with Gasteiger partial charge in [0.05, 0.1) is 17.7 Å². The minimum atomic E-state index is -0.242. The van der Waals surface area contributed by atoms with Gasteiger partial charge in [0.1, 0.15) is 0 Å². The van der Waals surface area contributed by atoms with Crippen molar-refractivity contribution in [2.75, 3.05) is 26.2 Å². The van der Waals surface area contributed by atoms with Crippen LogP contribution in [0.4, 0.5) is 0 Å². The lowest BCUT2D eigenvalue weighted by molar-refractivity contribution is -0.0293. The van der Waals surface area contributed by atoms with Gasteiger partial charge in [-0.1, -0.05) is 54.1 Å². The minimum Gasteiger partial charge on any atom is -0.449 e. The van der Waals surface area contributed by atoms with E-state index in [4.69, 9.17) is 20.8 Å². The van der Waals surface area contributed by atoms with Crippen LogP contribution in [0.15, 0.2) is 52.9 Å². The van der Waals surface area contributed by atoms with Crippen molar-refractivity contribution in [3.05, 3.63) is 70.4 Å². The van der Waals surface area contributed by atoms with Crippen molar-refractivity contribution in [3.8, 4) is 0 Å². The molecule has 1 aliphatic heterocycles. The molecule has 2 aromatic carbocycles. The Morgan fingerprint density at radius 2 is 2.04 bits per heavy atom. The van der Waals surface area contributed by atoms with Gasteiger partial charge in [0, 0.05) is 37.1 Å². The van der Waals surface area contributed by atoms with E-state index in [0.717, 1.165) is 30.6 Å². The van der Waals surface area contributed by atoms with Gasteiger partial charge in [-0.25, -0.2) is 0 Å². The normalized spacial score (nSPS) is 17.7. The zero-order valence-electron chi connectivity index (χ0n) is 15.8. The first-order chi connectivity index (χ1) is 13.6. The van der Waals surface area contributed by atoms with Crippen LogP contribution in [0.25, 0.3) is 11.0 Å². The number of furan rings is 1. The van der Waals surface area contributed by atoms with Crippen LogP contribution in [0.2, 0.25) is 5.02 Å². The summed E-state index contributed by atoms with van der Waals surface area (Å²) in [4.78, 5) is 15.0. The van der Waals surface area contributed by atoms with E-state index in [1.807, 2.05) is 25.1 Å². The molecule has 0 radical (unpaired) electrons. The Kier molecular flexibility index (Phi) is 5.67. The molecule has 0 spiro atoms. The predicted molar refractivity (Wildman–Crippen MR) is 110 cm³/mol. The number of morpholine rings is 1. The topological polar surface area (TPSA) is 54.7 Å². The number of para-hydroxylation sites is 1. The fourth-order valence-electron chi connectivity index (χ4n) is 3.60. The second-order valence-corrected chi connectivity index (χ2v) is 7.50. The number of carbonyl (C=O) groups is 1. The number of nitrogens with zero attached hydrogens (tertiary/aromatic N) is 1. The largest absolute Gasteiger partial charge is 0.449 e. The zero-order valence-corrected chi connectivity index (χ0v) is 16.5. The number of hydrogen-bond acceptors (Lipinski definition) is 4. The first-order valence-electron chi connectivity index (χ1n) is 9.45. The number of ether oxygens (including phenoxy) is 1. The van der Waals surface area contributed by atoms with Crippen molar-refractivity contribution in [1.82, 2.24) is 10.2 Å². The molecule has 1 saturated heterocycles. The molecule has 1 fully saturated rings. The SMILES string of the molecule is Cc1c(C(=O)NCC2CN(Cc3ccccc3)CCO2)oc2c(Cl)cccc12. The highest BCUT2D eigenvalue weighted by Gasteiger charge is 2.23. The lowest BCUT2D eigenvalue weighted by Gasteiger charge is -2.33. The Balaban J connectivity index is 1.37. The van der Waals surface area contributed by atoms with E-state index in [1.165, 1.54) is 5.56 Å². The highest BCUT2D eigenvalue weighted by atomic mass is 35.5.